The number of hydrogen-bond donors (Lipinski definition) is 3. The lowest BCUT2D eigenvalue weighted by molar-refractivity contribution is -0.115. The van der Waals surface area contributed by atoms with Gasteiger partial charge in [0.2, 0.25) is 5.91 Å². The maximum absolute atomic E-state index is 12.3. The molecule has 0 bridgehead atoms. The fourth-order valence-corrected chi connectivity index (χ4v) is 2.54. The highest BCUT2D eigenvalue weighted by Gasteiger charge is 2.13. The zero-order valence-electron chi connectivity index (χ0n) is 13.6. The van der Waals surface area contributed by atoms with Gasteiger partial charge >= 0.3 is 0 Å². The standard InChI is InChI=1S/C19H17N3O3/c1-12(23)13-5-4-6-14(9-13)22-18(24)11-21-19(25)16-10-20-17-8-3-2-7-15(16)17/h2-10,20H,11H2,1H3,(H,21,25)(H,22,24). The number of nitrogens with one attached hydrogen (secondary N) is 3. The molecule has 3 rings (SSSR count). The SMILES string of the molecule is CC(=O)c1cccc(NC(=O)CNC(=O)c2c[nH]c3ccccc23)c1. The highest BCUT2D eigenvalue weighted by molar-refractivity contribution is 6.08. The number of anilines is 1. The topological polar surface area (TPSA) is 91.1 Å². The Morgan fingerprint density at radius 1 is 1.04 bits per heavy atom. The number of ketones is 1. The van der Waals surface area contributed by atoms with Crippen molar-refractivity contribution in [3.63, 3.8) is 0 Å². The number of carbonyl (C=O) groups is 3. The maximum atomic E-state index is 12.3. The van der Waals surface area contributed by atoms with E-state index in [-0.39, 0.29) is 24.1 Å². The van der Waals surface area contributed by atoms with Crippen molar-refractivity contribution in [1.82, 2.24) is 10.3 Å². The summed E-state index contributed by atoms with van der Waals surface area (Å²) < 4.78 is 0. The summed E-state index contributed by atoms with van der Waals surface area (Å²) in [6.07, 6.45) is 1.62. The van der Waals surface area contributed by atoms with Crippen molar-refractivity contribution in [2.45, 2.75) is 6.92 Å². The van der Waals surface area contributed by atoms with Gasteiger partial charge in [0.15, 0.2) is 5.78 Å². The van der Waals surface area contributed by atoms with Crippen molar-refractivity contribution in [2.75, 3.05) is 11.9 Å². The minimum Gasteiger partial charge on any atom is -0.360 e. The van der Waals surface area contributed by atoms with Gasteiger partial charge in [-0.05, 0) is 25.1 Å². The number of hydrogen-bond acceptors (Lipinski definition) is 3. The van der Waals surface area contributed by atoms with E-state index in [0.29, 0.717) is 16.8 Å². The number of rotatable bonds is 5. The van der Waals surface area contributed by atoms with E-state index in [0.717, 1.165) is 10.9 Å². The fraction of sp³-hybridized carbons (Fsp3) is 0.105. The molecule has 0 unspecified atom stereocenters. The van der Waals surface area contributed by atoms with E-state index in [1.165, 1.54) is 6.92 Å². The third kappa shape index (κ3) is 3.74. The zero-order valence-corrected chi connectivity index (χ0v) is 13.6. The second kappa shape index (κ2) is 7.00. The van der Waals surface area contributed by atoms with E-state index in [1.807, 2.05) is 24.3 Å². The second-order valence-electron chi connectivity index (χ2n) is 5.62. The lowest BCUT2D eigenvalue weighted by atomic mass is 10.1. The first-order chi connectivity index (χ1) is 12.0. The number of Topliss-reactive ketones (excluding diaryl/α,β-unsaturated/α-hetero) is 1. The molecule has 3 N–H and O–H groups in total. The Bertz CT molecular complexity index is 959. The van der Waals surface area contributed by atoms with E-state index in [4.69, 9.17) is 0 Å². The average molecular weight is 335 g/mol. The minimum atomic E-state index is -0.367. The first kappa shape index (κ1) is 16.4. The lowest BCUT2D eigenvalue weighted by Crippen LogP contribution is -2.32. The van der Waals surface area contributed by atoms with Crippen molar-refractivity contribution >= 4 is 34.2 Å². The van der Waals surface area contributed by atoms with Crippen LogP contribution in [0.2, 0.25) is 0 Å². The molecule has 0 fully saturated rings. The molecule has 3 aromatic rings. The smallest absolute Gasteiger partial charge is 0.253 e. The van der Waals surface area contributed by atoms with Gasteiger partial charge in [0, 0.05) is 28.4 Å². The Labute approximate surface area is 144 Å². The molecule has 0 saturated carbocycles. The van der Waals surface area contributed by atoms with Crippen LogP contribution in [0, 0.1) is 0 Å². The highest BCUT2D eigenvalue weighted by atomic mass is 16.2. The van der Waals surface area contributed by atoms with E-state index >= 15 is 0 Å². The van der Waals surface area contributed by atoms with Crippen molar-refractivity contribution < 1.29 is 14.4 Å². The molecule has 1 heterocycles. The van der Waals surface area contributed by atoms with Gasteiger partial charge in [-0.3, -0.25) is 14.4 Å². The van der Waals surface area contributed by atoms with E-state index in [9.17, 15) is 14.4 Å². The summed E-state index contributed by atoms with van der Waals surface area (Å²) in [5, 5.41) is 6.06. The zero-order chi connectivity index (χ0) is 17.8. The van der Waals surface area contributed by atoms with Gasteiger partial charge < -0.3 is 15.6 Å². The van der Waals surface area contributed by atoms with Crippen LogP contribution in [0.25, 0.3) is 10.9 Å². The summed E-state index contributed by atoms with van der Waals surface area (Å²) in [7, 11) is 0. The van der Waals surface area contributed by atoms with Gasteiger partial charge in [-0.1, -0.05) is 30.3 Å². The molecule has 0 saturated heterocycles. The number of para-hydroxylation sites is 1. The van der Waals surface area contributed by atoms with Crippen molar-refractivity contribution in [3.05, 3.63) is 65.9 Å². The Balaban J connectivity index is 1.61. The van der Waals surface area contributed by atoms with Crippen LogP contribution in [-0.2, 0) is 4.79 Å². The molecule has 0 aliphatic heterocycles. The van der Waals surface area contributed by atoms with Crippen LogP contribution in [0.1, 0.15) is 27.6 Å². The third-order valence-electron chi connectivity index (χ3n) is 3.80. The van der Waals surface area contributed by atoms with Gasteiger partial charge in [0.05, 0.1) is 12.1 Å². The summed E-state index contributed by atoms with van der Waals surface area (Å²) in [4.78, 5) is 38.7. The van der Waals surface area contributed by atoms with Crippen LogP contribution < -0.4 is 10.6 Å². The predicted octanol–water partition coefficient (Wildman–Crippen LogP) is 2.74. The predicted molar refractivity (Wildman–Crippen MR) is 95.7 cm³/mol. The molecule has 6 nitrogen and oxygen atoms in total. The molecule has 0 aliphatic rings. The van der Waals surface area contributed by atoms with Crippen LogP contribution in [0.15, 0.2) is 54.7 Å². The van der Waals surface area contributed by atoms with Crippen LogP contribution in [0.3, 0.4) is 0 Å². The molecule has 0 atom stereocenters. The molecule has 1 aromatic heterocycles. The van der Waals surface area contributed by atoms with Crippen molar-refractivity contribution in [3.8, 4) is 0 Å². The van der Waals surface area contributed by atoms with Gasteiger partial charge in [-0.15, -0.1) is 0 Å². The molecular formula is C19H17N3O3. The van der Waals surface area contributed by atoms with E-state index < -0.39 is 0 Å². The fourth-order valence-electron chi connectivity index (χ4n) is 2.54. The Hall–Kier alpha value is -3.41. The average Bonchev–Trinajstić information content (AvgIpc) is 3.04. The lowest BCUT2D eigenvalue weighted by Gasteiger charge is -2.07. The van der Waals surface area contributed by atoms with Gasteiger partial charge in [0.25, 0.3) is 5.91 Å². The molecule has 6 heteroatoms. The minimum absolute atomic E-state index is 0.0799. The highest BCUT2D eigenvalue weighted by Crippen LogP contribution is 2.17. The van der Waals surface area contributed by atoms with Crippen LogP contribution in [-0.4, -0.2) is 29.1 Å². The van der Waals surface area contributed by atoms with Crippen LogP contribution in [0.4, 0.5) is 5.69 Å². The first-order valence-corrected chi connectivity index (χ1v) is 7.80. The summed E-state index contributed by atoms with van der Waals surface area (Å²) >= 11 is 0. The normalized spacial score (nSPS) is 10.4. The summed E-state index contributed by atoms with van der Waals surface area (Å²) in [5.41, 5.74) is 2.37. The molecule has 0 radical (unpaired) electrons. The number of aromatic amines is 1. The third-order valence-corrected chi connectivity index (χ3v) is 3.80. The van der Waals surface area contributed by atoms with Crippen LogP contribution >= 0.6 is 0 Å². The summed E-state index contributed by atoms with van der Waals surface area (Å²) in [5.74, 6) is -0.775. The first-order valence-electron chi connectivity index (χ1n) is 7.80. The molecule has 2 aromatic carbocycles. The number of H-pyrrole nitrogens is 1. The Morgan fingerprint density at radius 3 is 2.64 bits per heavy atom. The monoisotopic (exact) mass is 335 g/mol. The van der Waals surface area contributed by atoms with Crippen molar-refractivity contribution in [1.29, 1.82) is 0 Å². The molecule has 2 amide bonds. The molecule has 126 valence electrons. The second-order valence-corrected chi connectivity index (χ2v) is 5.62. The van der Waals surface area contributed by atoms with Gasteiger partial charge in [-0.25, -0.2) is 0 Å². The summed E-state index contributed by atoms with van der Waals surface area (Å²) in [6.45, 7) is 1.30. The quantitative estimate of drug-likeness (QED) is 0.626. The number of benzene rings is 2. The molecule has 0 spiro atoms. The molecule has 25 heavy (non-hydrogen) atoms. The van der Waals surface area contributed by atoms with E-state index in [1.54, 1.807) is 30.5 Å². The Kier molecular flexibility index (Phi) is 4.61. The van der Waals surface area contributed by atoms with Crippen LogP contribution in [0.5, 0.6) is 0 Å². The van der Waals surface area contributed by atoms with E-state index in [2.05, 4.69) is 15.6 Å². The van der Waals surface area contributed by atoms with Crippen molar-refractivity contribution in [2.24, 2.45) is 0 Å². The number of fused-ring (bicyclic) bond motifs is 1. The number of aromatic nitrogens is 1. The maximum Gasteiger partial charge on any atom is 0.253 e. The number of amides is 2. The molecular weight excluding hydrogens is 318 g/mol. The summed E-state index contributed by atoms with van der Waals surface area (Å²) in [6, 6.07) is 14.1. The number of carbonyl (C=O) groups excluding carboxylic acids is 3. The molecule has 0 aliphatic carbocycles. The largest absolute Gasteiger partial charge is 0.360 e. The van der Waals surface area contributed by atoms with Gasteiger partial charge in [0.1, 0.15) is 0 Å². The van der Waals surface area contributed by atoms with Gasteiger partial charge in [-0.2, -0.15) is 0 Å². The Morgan fingerprint density at radius 2 is 1.84 bits per heavy atom.